The van der Waals surface area contributed by atoms with Crippen molar-refractivity contribution in [3.63, 3.8) is 0 Å². The van der Waals surface area contributed by atoms with Gasteiger partial charge in [0.2, 0.25) is 0 Å². The Morgan fingerprint density at radius 2 is 1.21 bits per heavy atom. The zero-order valence-corrected chi connectivity index (χ0v) is 15.0. The van der Waals surface area contributed by atoms with E-state index in [1.54, 1.807) is 0 Å². The smallest absolute Gasteiger partial charge is 0.262 e. The molecule has 0 unspecified atom stereocenters. The van der Waals surface area contributed by atoms with E-state index in [4.69, 9.17) is 22.3 Å². The van der Waals surface area contributed by atoms with Crippen LogP contribution >= 0.6 is 33.3 Å². The minimum absolute atomic E-state index is 0.261. The topological polar surface area (TPSA) is 58.2 Å². The maximum absolute atomic E-state index is 12.3. The van der Waals surface area contributed by atoms with E-state index in [9.17, 15) is 9.59 Å². The lowest BCUT2D eigenvalue weighted by Crippen LogP contribution is -2.50. The third kappa shape index (κ3) is 4.90. The van der Waals surface area contributed by atoms with Gasteiger partial charge >= 0.3 is 0 Å². The van der Waals surface area contributed by atoms with Gasteiger partial charge in [-0.1, -0.05) is 72.3 Å². The molecule has 4 nitrogen and oxygen atoms in total. The molecule has 0 heterocycles. The number of carbonyl (C=O) groups excluding carboxylic acids is 2. The van der Waals surface area contributed by atoms with Gasteiger partial charge in [0.25, 0.3) is 16.0 Å². The van der Waals surface area contributed by atoms with Gasteiger partial charge in [-0.05, 0) is 32.8 Å². The molecule has 0 atom stereocenters. The fourth-order valence-electron chi connectivity index (χ4n) is 1.96. The van der Waals surface area contributed by atoms with E-state index in [1.807, 2.05) is 60.7 Å². The quantitative estimate of drug-likeness (QED) is 0.569. The molecule has 0 radical (unpaired) electrons. The summed E-state index contributed by atoms with van der Waals surface area (Å²) in [5.74, 6) is -1.31. The van der Waals surface area contributed by atoms with E-state index in [0.717, 1.165) is 11.1 Å². The van der Waals surface area contributed by atoms with Gasteiger partial charge in [0.15, 0.2) is 0 Å². The molecule has 2 N–H and O–H groups in total. The number of rotatable bonds is 7. The van der Waals surface area contributed by atoms with E-state index in [2.05, 4.69) is 10.6 Å². The number of amides is 2. The maximum Gasteiger partial charge on any atom is 0.262 e. The Morgan fingerprint density at radius 3 is 1.54 bits per heavy atom. The molecular weight excluding hydrogens is 367 g/mol. The molecule has 0 aliphatic heterocycles. The van der Waals surface area contributed by atoms with Gasteiger partial charge in [-0.25, -0.2) is 0 Å². The average Bonchev–Trinajstić information content (AvgIpc) is 2.65. The molecule has 0 bridgehead atoms. The molecular formula is C17H16Cl2N2O2S. The van der Waals surface area contributed by atoms with Crippen LogP contribution < -0.4 is 10.6 Å². The zero-order chi connectivity index (χ0) is 17.4. The largest absolute Gasteiger partial charge is 0.349 e. The van der Waals surface area contributed by atoms with Crippen LogP contribution in [-0.2, 0) is 22.7 Å². The van der Waals surface area contributed by atoms with Gasteiger partial charge in [0.05, 0.1) is 0 Å². The van der Waals surface area contributed by atoms with Crippen LogP contribution in [0.2, 0.25) is 0 Å². The summed E-state index contributed by atoms with van der Waals surface area (Å²) in [6.45, 7) is 0.523. The summed E-state index contributed by atoms with van der Waals surface area (Å²) in [6.07, 6.45) is 0. The molecule has 0 aliphatic rings. The Balaban J connectivity index is 1.95. The van der Waals surface area contributed by atoms with Crippen molar-refractivity contribution < 1.29 is 9.59 Å². The Kier molecular flexibility index (Phi) is 6.97. The second-order valence-corrected chi connectivity index (χ2v) is 7.03. The Labute approximate surface area is 154 Å². The average molecular weight is 383 g/mol. The number of halogens is 2. The first-order valence-electron chi connectivity index (χ1n) is 7.19. The molecule has 0 aromatic heterocycles. The predicted molar refractivity (Wildman–Crippen MR) is 98.6 cm³/mol. The Morgan fingerprint density at radius 1 is 0.833 bits per heavy atom. The van der Waals surface area contributed by atoms with Gasteiger partial charge in [0, 0.05) is 13.1 Å². The highest BCUT2D eigenvalue weighted by molar-refractivity contribution is 8.24. The summed E-state index contributed by atoms with van der Waals surface area (Å²) >= 11 is 6.16. The van der Waals surface area contributed by atoms with Crippen LogP contribution in [0.25, 0.3) is 0 Å². The van der Waals surface area contributed by atoms with Crippen molar-refractivity contribution in [3.8, 4) is 0 Å². The normalized spacial score (nSPS) is 10.9. The second-order valence-electron chi connectivity index (χ2n) is 5.01. The van der Waals surface area contributed by atoms with Gasteiger partial charge in [-0.15, -0.1) is 0 Å². The van der Waals surface area contributed by atoms with Crippen LogP contribution in [0.3, 0.4) is 0 Å². The first-order valence-corrected chi connectivity index (χ1v) is 9.21. The van der Waals surface area contributed by atoms with Gasteiger partial charge in [-0.3, -0.25) is 9.59 Å². The van der Waals surface area contributed by atoms with Crippen molar-refractivity contribution >= 4 is 45.1 Å². The standard InChI is InChI=1S/C17H16Cl2N2O2S/c18-17(24-19,15(22)20-11-13-7-3-1-4-8-13)16(23)21-12-14-9-5-2-6-10-14/h1-10H,11-12H2,(H,20,22)(H,21,23). The number of alkyl halides is 1. The number of carbonyl (C=O) groups is 2. The first-order chi connectivity index (χ1) is 11.6. The van der Waals surface area contributed by atoms with E-state index in [1.165, 1.54) is 0 Å². The van der Waals surface area contributed by atoms with Crippen LogP contribution in [-0.4, -0.2) is 16.0 Å². The third-order valence-corrected chi connectivity index (χ3v) is 5.37. The van der Waals surface area contributed by atoms with Gasteiger partial charge < -0.3 is 10.6 Å². The molecule has 2 rings (SSSR count). The number of nitrogens with one attached hydrogen (secondary N) is 2. The summed E-state index contributed by atoms with van der Waals surface area (Å²) in [5.41, 5.74) is 1.79. The van der Waals surface area contributed by atoms with Crippen LogP contribution in [0.1, 0.15) is 11.1 Å². The van der Waals surface area contributed by atoms with E-state index >= 15 is 0 Å². The van der Waals surface area contributed by atoms with E-state index in [0.29, 0.717) is 11.0 Å². The van der Waals surface area contributed by atoms with Crippen molar-refractivity contribution in [2.45, 2.75) is 17.3 Å². The molecule has 2 aromatic carbocycles. The fourth-order valence-corrected chi connectivity index (χ4v) is 2.80. The lowest BCUT2D eigenvalue weighted by molar-refractivity contribution is -0.130. The highest BCUT2D eigenvalue weighted by Gasteiger charge is 2.44. The second kappa shape index (κ2) is 8.97. The summed E-state index contributed by atoms with van der Waals surface area (Å²) < 4.78 is -1.93. The van der Waals surface area contributed by atoms with E-state index in [-0.39, 0.29) is 13.1 Å². The highest BCUT2D eigenvalue weighted by atomic mass is 35.7. The van der Waals surface area contributed by atoms with Crippen LogP contribution in [0, 0.1) is 0 Å². The first kappa shape index (κ1) is 18.6. The molecule has 0 saturated carbocycles. The molecule has 24 heavy (non-hydrogen) atoms. The Hall–Kier alpha value is -1.69. The molecule has 7 heteroatoms. The minimum atomic E-state index is -1.93. The molecule has 0 spiro atoms. The third-order valence-electron chi connectivity index (χ3n) is 3.28. The molecule has 2 aromatic rings. The number of hydrogen-bond donors (Lipinski definition) is 2. The number of hydrogen-bond acceptors (Lipinski definition) is 3. The molecule has 126 valence electrons. The van der Waals surface area contributed by atoms with Crippen LogP contribution in [0.5, 0.6) is 0 Å². The summed E-state index contributed by atoms with van der Waals surface area (Å²) in [7, 11) is 6.20. The van der Waals surface area contributed by atoms with Crippen LogP contribution in [0.15, 0.2) is 60.7 Å². The Bertz CT molecular complexity index is 628. The monoisotopic (exact) mass is 382 g/mol. The van der Waals surface area contributed by atoms with Crippen molar-refractivity contribution in [3.05, 3.63) is 71.8 Å². The lowest BCUT2D eigenvalue weighted by Gasteiger charge is -2.21. The van der Waals surface area contributed by atoms with E-state index < -0.39 is 16.0 Å². The van der Waals surface area contributed by atoms with Gasteiger partial charge in [0.1, 0.15) is 0 Å². The fraction of sp³-hybridized carbons (Fsp3) is 0.176. The van der Waals surface area contributed by atoms with Crippen molar-refractivity contribution in [1.29, 1.82) is 0 Å². The highest BCUT2D eigenvalue weighted by Crippen LogP contribution is 2.34. The summed E-state index contributed by atoms with van der Waals surface area (Å²) in [4.78, 5) is 24.6. The molecule has 0 fully saturated rings. The summed E-state index contributed by atoms with van der Waals surface area (Å²) in [6, 6.07) is 18.6. The molecule has 0 saturated heterocycles. The van der Waals surface area contributed by atoms with Gasteiger partial charge in [-0.2, -0.15) is 0 Å². The van der Waals surface area contributed by atoms with Crippen molar-refractivity contribution in [1.82, 2.24) is 10.6 Å². The lowest BCUT2D eigenvalue weighted by atomic mass is 10.2. The SMILES string of the molecule is O=C(NCc1ccccc1)C(Cl)(SCl)C(=O)NCc1ccccc1. The summed E-state index contributed by atoms with van der Waals surface area (Å²) in [5, 5.41) is 5.27. The van der Waals surface area contributed by atoms with Crippen molar-refractivity contribution in [2.24, 2.45) is 0 Å². The maximum atomic E-state index is 12.3. The van der Waals surface area contributed by atoms with Crippen molar-refractivity contribution in [2.75, 3.05) is 0 Å². The van der Waals surface area contributed by atoms with Crippen LogP contribution in [0.4, 0.5) is 0 Å². The molecule has 0 aliphatic carbocycles. The minimum Gasteiger partial charge on any atom is -0.349 e. The zero-order valence-electron chi connectivity index (χ0n) is 12.7. The predicted octanol–water partition coefficient (Wildman–Crippen LogP) is 3.44. The number of benzene rings is 2. The molecule has 2 amide bonds.